The Hall–Kier alpha value is -3.16. The third-order valence-electron chi connectivity index (χ3n) is 4.53. The molecular formula is C21H16Cl2FN5O. The van der Waals surface area contributed by atoms with Gasteiger partial charge in [-0.2, -0.15) is 10.2 Å². The maximum atomic E-state index is 13.9. The van der Waals surface area contributed by atoms with Crippen LogP contribution in [0.4, 0.5) is 10.2 Å². The van der Waals surface area contributed by atoms with Gasteiger partial charge in [-0.1, -0.05) is 41.4 Å². The van der Waals surface area contributed by atoms with Crippen LogP contribution in [0, 0.1) is 12.7 Å². The van der Waals surface area contributed by atoms with E-state index in [-0.39, 0.29) is 18.1 Å². The number of anilines is 1. The van der Waals surface area contributed by atoms with Crippen molar-refractivity contribution in [1.29, 1.82) is 0 Å². The summed E-state index contributed by atoms with van der Waals surface area (Å²) in [6.45, 7) is 2.10. The standard InChI is InChI=1S/C21H16Cl2FN5O/c1-12-8-20(28-29(12)11-13-4-2-3-5-17(13)24)25-21(30)19-10-18(26-27-19)15-7-6-14(22)9-16(15)23/h2-10H,11H2,1H3,(H,26,27)(H,25,28,30). The highest BCUT2D eigenvalue weighted by Crippen LogP contribution is 2.29. The topological polar surface area (TPSA) is 75.6 Å². The summed E-state index contributed by atoms with van der Waals surface area (Å²) < 4.78 is 15.5. The van der Waals surface area contributed by atoms with Gasteiger partial charge in [-0.25, -0.2) is 4.39 Å². The van der Waals surface area contributed by atoms with E-state index in [9.17, 15) is 9.18 Å². The molecule has 0 bridgehead atoms. The molecule has 2 N–H and O–H groups in total. The van der Waals surface area contributed by atoms with Crippen LogP contribution in [0.3, 0.4) is 0 Å². The quantitative estimate of drug-likeness (QED) is 0.437. The van der Waals surface area contributed by atoms with Gasteiger partial charge in [-0.3, -0.25) is 14.6 Å². The largest absolute Gasteiger partial charge is 0.304 e. The summed E-state index contributed by atoms with van der Waals surface area (Å²) in [6.07, 6.45) is 0. The molecule has 2 aromatic heterocycles. The molecule has 2 aromatic carbocycles. The Kier molecular flexibility index (Phi) is 5.57. The van der Waals surface area contributed by atoms with Crippen LogP contribution < -0.4 is 5.32 Å². The number of amides is 1. The number of hydrogen-bond donors (Lipinski definition) is 2. The van der Waals surface area contributed by atoms with Crippen molar-refractivity contribution in [3.8, 4) is 11.3 Å². The van der Waals surface area contributed by atoms with Gasteiger partial charge in [0.05, 0.1) is 17.3 Å². The first kappa shape index (κ1) is 20.1. The Morgan fingerprint density at radius 3 is 2.73 bits per heavy atom. The van der Waals surface area contributed by atoms with Gasteiger partial charge in [0.2, 0.25) is 0 Å². The second-order valence-electron chi connectivity index (χ2n) is 6.67. The van der Waals surface area contributed by atoms with Crippen LogP contribution in [-0.2, 0) is 6.54 Å². The molecule has 0 aliphatic heterocycles. The predicted molar refractivity (Wildman–Crippen MR) is 114 cm³/mol. The molecular weight excluding hydrogens is 428 g/mol. The summed E-state index contributed by atoms with van der Waals surface area (Å²) in [7, 11) is 0. The highest BCUT2D eigenvalue weighted by atomic mass is 35.5. The van der Waals surface area contributed by atoms with E-state index in [0.29, 0.717) is 32.7 Å². The Morgan fingerprint density at radius 1 is 1.17 bits per heavy atom. The zero-order valence-electron chi connectivity index (χ0n) is 15.8. The van der Waals surface area contributed by atoms with E-state index in [2.05, 4.69) is 20.6 Å². The molecule has 6 nitrogen and oxygen atoms in total. The van der Waals surface area contributed by atoms with E-state index >= 15 is 0 Å². The van der Waals surface area contributed by atoms with E-state index in [4.69, 9.17) is 23.2 Å². The molecule has 1 amide bonds. The summed E-state index contributed by atoms with van der Waals surface area (Å²) >= 11 is 12.1. The van der Waals surface area contributed by atoms with Gasteiger partial charge in [0.15, 0.2) is 5.82 Å². The number of benzene rings is 2. The normalized spacial score (nSPS) is 10.9. The van der Waals surface area contributed by atoms with Gasteiger partial charge in [-0.05, 0) is 37.3 Å². The van der Waals surface area contributed by atoms with Crippen LogP contribution in [0.1, 0.15) is 21.7 Å². The van der Waals surface area contributed by atoms with Gasteiger partial charge in [0.1, 0.15) is 11.5 Å². The summed E-state index contributed by atoms with van der Waals surface area (Å²) in [5, 5.41) is 14.9. The van der Waals surface area contributed by atoms with Crippen LogP contribution >= 0.6 is 23.2 Å². The summed E-state index contributed by atoms with van der Waals surface area (Å²) in [5.74, 6) is -0.354. The fraction of sp³-hybridized carbons (Fsp3) is 0.0952. The Labute approximate surface area is 181 Å². The van der Waals surface area contributed by atoms with Crippen molar-refractivity contribution in [2.45, 2.75) is 13.5 Å². The second kappa shape index (κ2) is 8.30. The Balaban J connectivity index is 1.50. The zero-order valence-corrected chi connectivity index (χ0v) is 17.3. The molecule has 9 heteroatoms. The lowest BCUT2D eigenvalue weighted by molar-refractivity contribution is 0.102. The Morgan fingerprint density at radius 2 is 1.97 bits per heavy atom. The first-order valence-corrected chi connectivity index (χ1v) is 9.76. The highest BCUT2D eigenvalue weighted by Gasteiger charge is 2.15. The summed E-state index contributed by atoms with van der Waals surface area (Å²) in [4.78, 5) is 12.6. The fourth-order valence-corrected chi connectivity index (χ4v) is 3.48. The molecule has 4 rings (SSSR count). The van der Waals surface area contributed by atoms with Crippen molar-refractivity contribution in [3.05, 3.63) is 87.4 Å². The molecule has 0 radical (unpaired) electrons. The molecule has 0 atom stereocenters. The molecule has 0 saturated heterocycles. The number of aryl methyl sites for hydroxylation is 1. The minimum atomic E-state index is -0.408. The molecule has 0 unspecified atom stereocenters. The molecule has 0 aliphatic carbocycles. The van der Waals surface area contributed by atoms with E-state index in [1.54, 1.807) is 53.2 Å². The Bertz CT molecular complexity index is 1230. The molecule has 30 heavy (non-hydrogen) atoms. The average molecular weight is 444 g/mol. The van der Waals surface area contributed by atoms with E-state index in [0.717, 1.165) is 5.69 Å². The van der Waals surface area contributed by atoms with Crippen molar-refractivity contribution in [1.82, 2.24) is 20.0 Å². The number of aromatic nitrogens is 4. The number of carbonyl (C=O) groups excluding carboxylic acids is 1. The van der Waals surface area contributed by atoms with Gasteiger partial charge >= 0.3 is 0 Å². The number of halogens is 3. The number of nitrogens with one attached hydrogen (secondary N) is 2. The third-order valence-corrected chi connectivity index (χ3v) is 5.08. The molecule has 152 valence electrons. The first-order valence-electron chi connectivity index (χ1n) is 9.01. The van der Waals surface area contributed by atoms with Crippen LogP contribution in [-0.4, -0.2) is 25.9 Å². The van der Waals surface area contributed by atoms with Crippen LogP contribution in [0.5, 0.6) is 0 Å². The summed E-state index contributed by atoms with van der Waals surface area (Å²) in [5.41, 5.74) is 2.72. The number of carbonyl (C=O) groups is 1. The maximum absolute atomic E-state index is 13.9. The van der Waals surface area contributed by atoms with Gasteiger partial charge in [0, 0.05) is 27.9 Å². The van der Waals surface area contributed by atoms with Gasteiger partial charge < -0.3 is 5.32 Å². The predicted octanol–water partition coefficient (Wildman–Crippen LogP) is 5.33. The second-order valence-corrected chi connectivity index (χ2v) is 7.51. The third kappa shape index (κ3) is 4.22. The lowest BCUT2D eigenvalue weighted by Crippen LogP contribution is -2.13. The molecule has 0 aliphatic rings. The maximum Gasteiger partial charge on any atom is 0.274 e. The average Bonchev–Trinajstić information content (AvgIpc) is 3.31. The SMILES string of the molecule is Cc1cc(NC(=O)c2cc(-c3ccc(Cl)cc3Cl)n[nH]2)nn1Cc1ccccc1F. The number of H-pyrrole nitrogens is 1. The van der Waals surface area contributed by atoms with E-state index in [1.165, 1.54) is 6.07 Å². The molecule has 0 saturated carbocycles. The zero-order chi connectivity index (χ0) is 21.3. The van der Waals surface area contributed by atoms with Gasteiger partial charge in [-0.15, -0.1) is 0 Å². The minimum absolute atomic E-state index is 0.248. The number of nitrogens with zero attached hydrogens (tertiary/aromatic N) is 3. The van der Waals surface area contributed by atoms with Crippen molar-refractivity contribution in [2.24, 2.45) is 0 Å². The lowest BCUT2D eigenvalue weighted by atomic mass is 10.1. The first-order chi connectivity index (χ1) is 14.4. The van der Waals surface area contributed by atoms with Crippen LogP contribution in [0.2, 0.25) is 10.0 Å². The van der Waals surface area contributed by atoms with Crippen molar-refractivity contribution < 1.29 is 9.18 Å². The minimum Gasteiger partial charge on any atom is -0.304 e. The van der Waals surface area contributed by atoms with Crippen molar-refractivity contribution in [3.63, 3.8) is 0 Å². The van der Waals surface area contributed by atoms with Crippen LogP contribution in [0.25, 0.3) is 11.3 Å². The van der Waals surface area contributed by atoms with Crippen molar-refractivity contribution >= 4 is 34.9 Å². The van der Waals surface area contributed by atoms with E-state index < -0.39 is 5.91 Å². The number of rotatable bonds is 5. The lowest BCUT2D eigenvalue weighted by Gasteiger charge is -2.05. The highest BCUT2D eigenvalue weighted by molar-refractivity contribution is 6.36. The molecule has 0 fully saturated rings. The van der Waals surface area contributed by atoms with Crippen LogP contribution in [0.15, 0.2) is 54.6 Å². The molecule has 4 aromatic rings. The molecule has 2 heterocycles. The number of hydrogen-bond acceptors (Lipinski definition) is 3. The smallest absolute Gasteiger partial charge is 0.274 e. The molecule has 0 spiro atoms. The summed E-state index contributed by atoms with van der Waals surface area (Å²) in [6, 6.07) is 14.8. The van der Waals surface area contributed by atoms with Gasteiger partial charge in [0.25, 0.3) is 5.91 Å². The monoisotopic (exact) mass is 443 g/mol. The van der Waals surface area contributed by atoms with Crippen molar-refractivity contribution in [2.75, 3.05) is 5.32 Å². The fourth-order valence-electron chi connectivity index (χ4n) is 2.98. The van der Waals surface area contributed by atoms with E-state index in [1.807, 2.05) is 6.92 Å². The number of aromatic amines is 1.